The van der Waals surface area contributed by atoms with Gasteiger partial charge in [0.25, 0.3) is 5.91 Å². The zero-order chi connectivity index (χ0) is 19.2. The quantitative estimate of drug-likeness (QED) is 0.679. The topological polar surface area (TPSA) is 89.9 Å². The average Bonchev–Trinajstić information content (AvgIpc) is 2.64. The molecule has 1 aliphatic rings. The molecule has 0 aromatic heterocycles. The van der Waals surface area contributed by atoms with Gasteiger partial charge in [0.1, 0.15) is 5.82 Å². The third-order valence-corrected chi connectivity index (χ3v) is 5.03. The minimum absolute atomic E-state index is 0.120. The molecule has 1 aliphatic heterocycles. The fourth-order valence-electron chi connectivity index (χ4n) is 3.48. The molecular formula is C19H27FN2O4. The fraction of sp³-hybridized carbons (Fsp3) is 0.579. The van der Waals surface area contributed by atoms with Crippen LogP contribution in [0.5, 0.6) is 0 Å². The number of rotatable bonds is 7. The number of carbonyl (C=O) groups excluding carboxylic acids is 2. The summed E-state index contributed by atoms with van der Waals surface area (Å²) in [4.78, 5) is 26.1. The molecule has 26 heavy (non-hydrogen) atoms. The number of amides is 2. The van der Waals surface area contributed by atoms with Crippen LogP contribution in [0.15, 0.2) is 24.3 Å². The first-order valence-corrected chi connectivity index (χ1v) is 9.02. The van der Waals surface area contributed by atoms with E-state index < -0.39 is 17.3 Å². The van der Waals surface area contributed by atoms with E-state index in [0.717, 1.165) is 6.42 Å². The summed E-state index contributed by atoms with van der Waals surface area (Å²) >= 11 is 0. The number of piperidine rings is 1. The first-order chi connectivity index (χ1) is 12.4. The van der Waals surface area contributed by atoms with Gasteiger partial charge in [-0.1, -0.05) is 13.3 Å². The van der Waals surface area contributed by atoms with E-state index in [1.807, 2.05) is 6.92 Å². The number of aliphatic hydroxyl groups is 2. The molecule has 7 heteroatoms. The molecule has 2 amide bonds. The molecule has 2 atom stereocenters. The second kappa shape index (κ2) is 9.09. The number of benzene rings is 1. The highest BCUT2D eigenvalue weighted by Crippen LogP contribution is 2.34. The maximum atomic E-state index is 12.9. The van der Waals surface area contributed by atoms with Crippen molar-refractivity contribution < 1.29 is 24.2 Å². The van der Waals surface area contributed by atoms with Crippen LogP contribution in [0, 0.1) is 11.2 Å². The van der Waals surface area contributed by atoms with E-state index in [1.165, 1.54) is 24.3 Å². The summed E-state index contributed by atoms with van der Waals surface area (Å²) in [5.74, 6) is -0.892. The number of aliphatic hydroxyl groups excluding tert-OH is 2. The first-order valence-electron chi connectivity index (χ1n) is 9.02. The number of halogens is 1. The van der Waals surface area contributed by atoms with E-state index in [9.17, 15) is 24.2 Å². The number of nitrogens with one attached hydrogen (secondary N) is 1. The van der Waals surface area contributed by atoms with Gasteiger partial charge in [0.2, 0.25) is 5.91 Å². The summed E-state index contributed by atoms with van der Waals surface area (Å²) in [6, 6.07) is 5.19. The molecule has 0 bridgehead atoms. The van der Waals surface area contributed by atoms with Gasteiger partial charge in [-0.05, 0) is 37.1 Å². The minimum atomic E-state index is -0.667. The zero-order valence-electron chi connectivity index (χ0n) is 15.1. The second-order valence-electron chi connectivity index (χ2n) is 6.90. The Morgan fingerprint density at radius 3 is 2.65 bits per heavy atom. The minimum Gasteiger partial charge on any atom is -0.396 e. The number of carbonyl (C=O) groups is 2. The van der Waals surface area contributed by atoms with E-state index in [-0.39, 0.29) is 31.4 Å². The summed E-state index contributed by atoms with van der Waals surface area (Å²) < 4.78 is 12.9. The van der Waals surface area contributed by atoms with Crippen LogP contribution in [-0.2, 0) is 4.79 Å². The summed E-state index contributed by atoms with van der Waals surface area (Å²) in [5, 5.41) is 22.7. The molecule has 1 saturated heterocycles. The van der Waals surface area contributed by atoms with Gasteiger partial charge < -0.3 is 20.4 Å². The lowest BCUT2D eigenvalue weighted by Gasteiger charge is -2.45. The zero-order valence-corrected chi connectivity index (χ0v) is 15.1. The smallest absolute Gasteiger partial charge is 0.251 e. The van der Waals surface area contributed by atoms with Gasteiger partial charge in [0.05, 0.1) is 12.7 Å². The third kappa shape index (κ3) is 4.80. The number of nitrogens with zero attached hydrogens (tertiary/aromatic N) is 1. The van der Waals surface area contributed by atoms with Crippen LogP contribution < -0.4 is 5.32 Å². The van der Waals surface area contributed by atoms with E-state index in [0.29, 0.717) is 31.5 Å². The van der Waals surface area contributed by atoms with Gasteiger partial charge in [-0.15, -0.1) is 0 Å². The normalized spacial score (nSPS) is 22.9. The Labute approximate surface area is 153 Å². The number of hydrogen-bond donors (Lipinski definition) is 3. The Morgan fingerprint density at radius 2 is 2.04 bits per heavy atom. The first kappa shape index (κ1) is 20.3. The maximum Gasteiger partial charge on any atom is 0.251 e. The SMILES string of the molecule is CCC[C@@]1(CO)CN(C(=O)CCNC(=O)c2ccc(F)cc2)CC[C@H]1O. The largest absolute Gasteiger partial charge is 0.396 e. The monoisotopic (exact) mass is 366 g/mol. The lowest BCUT2D eigenvalue weighted by atomic mass is 9.74. The second-order valence-corrected chi connectivity index (χ2v) is 6.90. The van der Waals surface area contributed by atoms with Crippen LogP contribution in [0.2, 0.25) is 0 Å². The van der Waals surface area contributed by atoms with Gasteiger partial charge in [-0.25, -0.2) is 4.39 Å². The van der Waals surface area contributed by atoms with Crippen LogP contribution >= 0.6 is 0 Å². The Balaban J connectivity index is 1.85. The van der Waals surface area contributed by atoms with Crippen molar-refractivity contribution in [1.29, 1.82) is 0 Å². The molecule has 1 aromatic carbocycles. The molecule has 3 N–H and O–H groups in total. The Morgan fingerprint density at radius 1 is 1.35 bits per heavy atom. The summed E-state index contributed by atoms with van der Waals surface area (Å²) in [7, 11) is 0. The summed E-state index contributed by atoms with van der Waals surface area (Å²) in [5.41, 5.74) is -0.331. The number of hydrogen-bond acceptors (Lipinski definition) is 4. The van der Waals surface area contributed by atoms with Gasteiger partial charge in [0, 0.05) is 37.0 Å². The molecule has 0 spiro atoms. The van der Waals surface area contributed by atoms with E-state index in [4.69, 9.17) is 0 Å². The van der Waals surface area contributed by atoms with Crippen molar-refractivity contribution >= 4 is 11.8 Å². The lowest BCUT2D eigenvalue weighted by molar-refractivity contribution is -0.142. The predicted molar refractivity (Wildman–Crippen MR) is 95.0 cm³/mol. The standard InChI is InChI=1S/C19H27FN2O4/c1-2-9-19(13-23)12-22(11-8-16(19)24)17(25)7-10-21-18(26)14-3-5-15(20)6-4-14/h3-6,16,23-24H,2,7-13H2,1H3,(H,21,26)/t16-,19+/m1/s1. The van der Waals surface area contributed by atoms with Crippen molar-refractivity contribution in [1.82, 2.24) is 10.2 Å². The van der Waals surface area contributed by atoms with E-state index >= 15 is 0 Å². The van der Waals surface area contributed by atoms with Crippen molar-refractivity contribution in [3.05, 3.63) is 35.6 Å². The maximum absolute atomic E-state index is 12.9. The lowest BCUT2D eigenvalue weighted by Crippen LogP contribution is -2.55. The molecule has 1 aromatic rings. The molecule has 1 fully saturated rings. The predicted octanol–water partition coefficient (Wildman–Crippen LogP) is 1.32. The molecular weight excluding hydrogens is 339 g/mol. The average molecular weight is 366 g/mol. The molecule has 144 valence electrons. The molecule has 0 radical (unpaired) electrons. The van der Waals surface area contributed by atoms with Gasteiger partial charge in [-0.2, -0.15) is 0 Å². The van der Waals surface area contributed by atoms with Crippen LogP contribution in [0.3, 0.4) is 0 Å². The fourth-order valence-corrected chi connectivity index (χ4v) is 3.48. The molecule has 1 heterocycles. The molecule has 0 aliphatic carbocycles. The van der Waals surface area contributed by atoms with Crippen LogP contribution in [0.25, 0.3) is 0 Å². The van der Waals surface area contributed by atoms with Crippen molar-refractivity contribution in [2.24, 2.45) is 5.41 Å². The van der Waals surface area contributed by atoms with Crippen LogP contribution in [-0.4, -0.2) is 59.3 Å². The highest BCUT2D eigenvalue weighted by molar-refractivity contribution is 5.94. The van der Waals surface area contributed by atoms with Gasteiger partial charge >= 0.3 is 0 Å². The van der Waals surface area contributed by atoms with Crippen molar-refractivity contribution in [3.63, 3.8) is 0 Å². The third-order valence-electron chi connectivity index (χ3n) is 5.03. The van der Waals surface area contributed by atoms with Crippen LogP contribution in [0.4, 0.5) is 4.39 Å². The van der Waals surface area contributed by atoms with Gasteiger partial charge in [0.15, 0.2) is 0 Å². The number of likely N-dealkylation sites (tertiary alicyclic amines) is 1. The van der Waals surface area contributed by atoms with Crippen LogP contribution in [0.1, 0.15) is 43.0 Å². The Bertz CT molecular complexity index is 622. The Hall–Kier alpha value is -1.99. The Kier molecular flexibility index (Phi) is 7.11. The van der Waals surface area contributed by atoms with E-state index in [1.54, 1.807) is 4.90 Å². The van der Waals surface area contributed by atoms with Gasteiger partial charge in [-0.3, -0.25) is 9.59 Å². The molecule has 0 saturated carbocycles. The molecule has 0 unspecified atom stereocenters. The highest BCUT2D eigenvalue weighted by Gasteiger charge is 2.42. The summed E-state index contributed by atoms with van der Waals surface area (Å²) in [6.07, 6.45) is 1.42. The highest BCUT2D eigenvalue weighted by atomic mass is 19.1. The summed E-state index contributed by atoms with van der Waals surface area (Å²) in [6.45, 7) is 2.76. The van der Waals surface area contributed by atoms with Crippen molar-refractivity contribution in [3.8, 4) is 0 Å². The van der Waals surface area contributed by atoms with E-state index in [2.05, 4.69) is 5.32 Å². The molecule has 6 nitrogen and oxygen atoms in total. The van der Waals surface area contributed by atoms with Crippen molar-refractivity contribution in [2.45, 2.75) is 38.7 Å². The van der Waals surface area contributed by atoms with Crippen molar-refractivity contribution in [2.75, 3.05) is 26.2 Å². The molecule has 2 rings (SSSR count).